The Morgan fingerprint density at radius 3 is 1.64 bits per heavy atom. The number of rotatable bonds is 3. The van der Waals surface area contributed by atoms with Gasteiger partial charge in [-0.05, 0) is 85.9 Å². The molecule has 0 N–H and O–H groups in total. The summed E-state index contributed by atoms with van der Waals surface area (Å²) in [4.78, 5) is 9.90. The average molecular weight is 638 g/mol. The van der Waals surface area contributed by atoms with Crippen LogP contribution in [0.15, 0.2) is 168 Å². The van der Waals surface area contributed by atoms with Crippen LogP contribution in [0.5, 0.6) is 0 Å². The smallest absolute Gasteiger partial charge is 0.172 e. The second-order valence-electron chi connectivity index (χ2n) is 13.0. The minimum Gasteiger partial charge on any atom is -0.453 e. The van der Waals surface area contributed by atoms with Crippen molar-refractivity contribution in [3.63, 3.8) is 0 Å². The largest absolute Gasteiger partial charge is 0.453 e. The van der Waals surface area contributed by atoms with Gasteiger partial charge in [0.25, 0.3) is 0 Å². The van der Waals surface area contributed by atoms with Gasteiger partial charge >= 0.3 is 0 Å². The maximum absolute atomic E-state index is 6.26. The summed E-state index contributed by atoms with van der Waals surface area (Å²) in [5.41, 5.74) is 8.92. The number of para-hydroxylation sites is 2. The van der Waals surface area contributed by atoms with Gasteiger partial charge in [0.1, 0.15) is 11.1 Å². The van der Waals surface area contributed by atoms with Crippen LogP contribution in [0.1, 0.15) is 0 Å². The highest BCUT2D eigenvalue weighted by Gasteiger charge is 2.16. The average Bonchev–Trinajstić information content (AvgIpc) is 3.73. The van der Waals surface area contributed by atoms with Crippen LogP contribution in [0.2, 0.25) is 0 Å². The van der Waals surface area contributed by atoms with Crippen molar-refractivity contribution in [2.24, 2.45) is 0 Å². The van der Waals surface area contributed by atoms with E-state index in [0.29, 0.717) is 11.4 Å². The minimum atomic E-state index is 0.664. The maximum Gasteiger partial charge on any atom is 0.172 e. The Morgan fingerprint density at radius 2 is 0.960 bits per heavy atom. The number of hydrogen-bond acceptors (Lipinski definition) is 3. The van der Waals surface area contributed by atoms with Crippen molar-refractivity contribution in [1.82, 2.24) is 14.5 Å². The number of furan rings is 1. The van der Waals surface area contributed by atoms with Crippen LogP contribution >= 0.6 is 0 Å². The predicted octanol–water partition coefficient (Wildman–Crippen LogP) is 12.3. The van der Waals surface area contributed by atoms with E-state index >= 15 is 0 Å². The lowest BCUT2D eigenvalue weighted by atomic mass is 9.92. The molecule has 0 atom stereocenters. The van der Waals surface area contributed by atoms with E-state index in [0.717, 1.165) is 38.9 Å². The maximum atomic E-state index is 6.26. The molecular weight excluding hydrogens is 611 g/mol. The van der Waals surface area contributed by atoms with E-state index in [4.69, 9.17) is 14.4 Å². The van der Waals surface area contributed by atoms with Crippen LogP contribution in [0.25, 0.3) is 104 Å². The zero-order valence-corrected chi connectivity index (χ0v) is 26.8. The second-order valence-corrected chi connectivity index (χ2v) is 13.0. The molecule has 232 valence electrons. The summed E-state index contributed by atoms with van der Waals surface area (Å²) in [6, 6.07) is 56.2. The Labute approximate surface area is 286 Å². The summed E-state index contributed by atoms with van der Waals surface area (Å²) >= 11 is 0. The molecular formula is C46H27N3O. The number of benzene rings is 8. The van der Waals surface area contributed by atoms with Gasteiger partial charge in [-0.1, -0.05) is 115 Å². The normalized spacial score (nSPS) is 12.0. The fourth-order valence-corrected chi connectivity index (χ4v) is 7.95. The van der Waals surface area contributed by atoms with Crippen LogP contribution in [0.4, 0.5) is 0 Å². The highest BCUT2D eigenvalue weighted by atomic mass is 16.3. The molecule has 3 heterocycles. The van der Waals surface area contributed by atoms with E-state index in [9.17, 15) is 0 Å². The summed E-state index contributed by atoms with van der Waals surface area (Å²) in [7, 11) is 0. The van der Waals surface area contributed by atoms with Gasteiger partial charge in [0.05, 0.1) is 17.2 Å². The van der Waals surface area contributed by atoms with E-state index in [1.54, 1.807) is 6.20 Å². The van der Waals surface area contributed by atoms with Crippen molar-refractivity contribution < 1.29 is 4.42 Å². The summed E-state index contributed by atoms with van der Waals surface area (Å²) < 4.78 is 8.58. The minimum absolute atomic E-state index is 0.664. The van der Waals surface area contributed by atoms with Gasteiger partial charge in [0, 0.05) is 27.4 Å². The zero-order valence-electron chi connectivity index (χ0n) is 26.8. The fraction of sp³-hybridized carbons (Fsp3) is 0. The molecule has 0 radical (unpaired) electrons. The highest BCUT2D eigenvalue weighted by molar-refractivity contribution is 6.25. The summed E-state index contributed by atoms with van der Waals surface area (Å²) in [5.74, 6) is 0.664. The third-order valence-corrected chi connectivity index (χ3v) is 10.2. The molecule has 0 saturated carbocycles. The number of nitrogens with zero attached hydrogens (tertiary/aromatic N) is 3. The van der Waals surface area contributed by atoms with Crippen molar-refractivity contribution in [2.75, 3.05) is 0 Å². The molecule has 0 fully saturated rings. The van der Waals surface area contributed by atoms with Crippen molar-refractivity contribution in [3.05, 3.63) is 164 Å². The van der Waals surface area contributed by atoms with E-state index in [1.807, 2.05) is 0 Å². The third kappa shape index (κ3) is 3.93. The molecule has 0 aliphatic heterocycles. The molecule has 50 heavy (non-hydrogen) atoms. The van der Waals surface area contributed by atoms with Gasteiger partial charge in [0.15, 0.2) is 11.4 Å². The van der Waals surface area contributed by atoms with Crippen LogP contribution in [0.3, 0.4) is 0 Å². The quantitative estimate of drug-likeness (QED) is 0.181. The molecule has 3 aromatic heterocycles. The van der Waals surface area contributed by atoms with E-state index in [1.165, 1.54) is 54.1 Å². The number of hydrogen-bond donors (Lipinski definition) is 0. The van der Waals surface area contributed by atoms with E-state index < -0.39 is 0 Å². The molecule has 0 amide bonds. The molecule has 0 aliphatic carbocycles. The molecule has 0 bridgehead atoms. The van der Waals surface area contributed by atoms with Gasteiger partial charge in [-0.2, -0.15) is 0 Å². The first-order valence-electron chi connectivity index (χ1n) is 16.9. The topological polar surface area (TPSA) is 43.9 Å². The molecule has 8 aromatic carbocycles. The van der Waals surface area contributed by atoms with Gasteiger partial charge in [-0.3, -0.25) is 0 Å². The monoisotopic (exact) mass is 637 g/mol. The molecule has 11 aromatic rings. The van der Waals surface area contributed by atoms with Crippen LogP contribution in [-0.4, -0.2) is 14.5 Å². The number of aromatic nitrogens is 3. The van der Waals surface area contributed by atoms with Crippen molar-refractivity contribution in [3.8, 4) is 28.2 Å². The summed E-state index contributed by atoms with van der Waals surface area (Å²) in [5, 5.41) is 11.1. The first-order chi connectivity index (χ1) is 24.8. The Morgan fingerprint density at radius 1 is 0.400 bits per heavy atom. The number of fused-ring (bicyclic) bond motifs is 12. The molecule has 0 unspecified atom stereocenters. The lowest BCUT2D eigenvalue weighted by Gasteiger charge is -2.12. The summed E-state index contributed by atoms with van der Waals surface area (Å²) in [6.45, 7) is 0. The van der Waals surface area contributed by atoms with Crippen molar-refractivity contribution >= 4 is 76.2 Å². The molecule has 0 spiro atoms. The Balaban J connectivity index is 1.05. The Hall–Kier alpha value is -6.78. The van der Waals surface area contributed by atoms with Crippen LogP contribution in [0, 0.1) is 0 Å². The first-order valence-corrected chi connectivity index (χ1v) is 16.9. The second kappa shape index (κ2) is 10.4. The van der Waals surface area contributed by atoms with Crippen molar-refractivity contribution in [2.45, 2.75) is 0 Å². The predicted molar refractivity (Wildman–Crippen MR) is 207 cm³/mol. The molecule has 0 saturated heterocycles. The molecule has 0 aliphatic rings. The van der Waals surface area contributed by atoms with E-state index in [-0.39, 0.29) is 0 Å². The van der Waals surface area contributed by atoms with Gasteiger partial charge in [0.2, 0.25) is 0 Å². The van der Waals surface area contributed by atoms with Crippen molar-refractivity contribution in [1.29, 1.82) is 0 Å². The van der Waals surface area contributed by atoms with Gasteiger partial charge in [-0.25, -0.2) is 9.97 Å². The summed E-state index contributed by atoms with van der Waals surface area (Å²) in [6.07, 6.45) is 1.80. The van der Waals surface area contributed by atoms with E-state index in [2.05, 4.69) is 162 Å². The zero-order chi connectivity index (χ0) is 32.8. The van der Waals surface area contributed by atoms with Crippen LogP contribution in [-0.2, 0) is 0 Å². The Bertz CT molecular complexity index is 3080. The third-order valence-electron chi connectivity index (χ3n) is 10.2. The fourth-order valence-electron chi connectivity index (χ4n) is 7.95. The Kier molecular flexibility index (Phi) is 5.63. The van der Waals surface area contributed by atoms with Gasteiger partial charge in [-0.15, -0.1) is 0 Å². The SMILES string of the molecule is c1cc(-c2ncc3oc4ccc(-c5ccc6c7ccccc7c7ccccc7c6c5)cc4c3n2)cc(-n2c3ccccc3c3ccccc32)c1. The molecule has 11 rings (SSSR count). The molecule has 4 nitrogen and oxygen atoms in total. The lowest BCUT2D eigenvalue weighted by molar-refractivity contribution is 0.666. The molecule has 4 heteroatoms. The van der Waals surface area contributed by atoms with Crippen LogP contribution < -0.4 is 0 Å². The standard InChI is InChI=1S/C46H27N3O/c1-2-14-34-32(12-1)33-13-3-4-15-35(33)39-25-28(20-22-36(34)39)29-21-23-43-40(26-29)45-44(50-43)27-47-46(48-45)30-10-9-11-31(24-30)49-41-18-7-5-16-37(41)38-17-6-8-19-42(38)49/h1-27H. The lowest BCUT2D eigenvalue weighted by Crippen LogP contribution is -1.95. The highest BCUT2D eigenvalue weighted by Crippen LogP contribution is 2.39. The van der Waals surface area contributed by atoms with Gasteiger partial charge < -0.3 is 8.98 Å². The first kappa shape index (κ1) is 27.2.